The number of hydrogen-bond donors (Lipinski definition) is 1. The van der Waals surface area contributed by atoms with Crippen LogP contribution in [-0.2, 0) is 0 Å². The van der Waals surface area contributed by atoms with Crippen LogP contribution in [0.2, 0.25) is 0 Å². The minimum atomic E-state index is 0.258. The minimum Gasteiger partial charge on any atom is -0.327 e. The van der Waals surface area contributed by atoms with Gasteiger partial charge in [-0.3, -0.25) is 4.98 Å². The Balaban J connectivity index is 2.34. The molecule has 1 aromatic heterocycles. The number of hydrogen-bond acceptors (Lipinski definition) is 2. The molecular formula is C11H16N2. The first-order valence-electron chi connectivity index (χ1n) is 4.71. The van der Waals surface area contributed by atoms with E-state index in [4.69, 9.17) is 5.73 Å². The zero-order valence-electron chi connectivity index (χ0n) is 8.41. The van der Waals surface area contributed by atoms with Crippen LogP contribution in [0.15, 0.2) is 18.5 Å². The molecule has 0 saturated heterocycles. The van der Waals surface area contributed by atoms with Crippen LogP contribution < -0.4 is 5.73 Å². The van der Waals surface area contributed by atoms with Gasteiger partial charge in [0.05, 0.1) is 0 Å². The van der Waals surface area contributed by atoms with Crippen molar-refractivity contribution in [3.63, 3.8) is 0 Å². The molecule has 1 aliphatic carbocycles. The zero-order valence-corrected chi connectivity index (χ0v) is 8.41. The Hall–Kier alpha value is -0.890. The van der Waals surface area contributed by atoms with Crippen LogP contribution in [0.3, 0.4) is 0 Å². The largest absolute Gasteiger partial charge is 0.327 e. The van der Waals surface area contributed by atoms with Gasteiger partial charge in [0.15, 0.2) is 0 Å². The van der Waals surface area contributed by atoms with Gasteiger partial charge in [0.2, 0.25) is 0 Å². The third-order valence-corrected chi connectivity index (χ3v) is 3.33. The van der Waals surface area contributed by atoms with Crippen molar-refractivity contribution >= 4 is 0 Å². The lowest BCUT2D eigenvalue weighted by Crippen LogP contribution is -2.06. The van der Waals surface area contributed by atoms with Crippen molar-refractivity contribution < 1.29 is 0 Å². The lowest BCUT2D eigenvalue weighted by Gasteiger charge is -2.05. The number of rotatable bonds is 1. The van der Waals surface area contributed by atoms with Crippen LogP contribution in [-0.4, -0.2) is 11.0 Å². The molecule has 1 saturated carbocycles. The average molecular weight is 176 g/mol. The van der Waals surface area contributed by atoms with Gasteiger partial charge in [-0.1, -0.05) is 13.8 Å². The first-order chi connectivity index (χ1) is 6.05. The van der Waals surface area contributed by atoms with E-state index in [2.05, 4.69) is 31.8 Å². The van der Waals surface area contributed by atoms with Crippen molar-refractivity contribution in [1.82, 2.24) is 4.98 Å². The Morgan fingerprint density at radius 2 is 2.08 bits per heavy atom. The lowest BCUT2D eigenvalue weighted by molar-refractivity contribution is 0.598. The van der Waals surface area contributed by atoms with Crippen molar-refractivity contribution in [1.29, 1.82) is 0 Å². The van der Waals surface area contributed by atoms with Gasteiger partial charge < -0.3 is 5.73 Å². The normalized spacial score (nSPS) is 30.2. The summed E-state index contributed by atoms with van der Waals surface area (Å²) in [5, 5.41) is 0. The van der Waals surface area contributed by atoms with E-state index in [9.17, 15) is 0 Å². The van der Waals surface area contributed by atoms with E-state index in [1.165, 1.54) is 11.1 Å². The summed E-state index contributed by atoms with van der Waals surface area (Å²) < 4.78 is 0. The van der Waals surface area contributed by atoms with Gasteiger partial charge in [-0.15, -0.1) is 0 Å². The van der Waals surface area contributed by atoms with Gasteiger partial charge in [0, 0.05) is 24.4 Å². The highest BCUT2D eigenvalue weighted by atomic mass is 14.8. The van der Waals surface area contributed by atoms with Gasteiger partial charge in [-0.05, 0) is 29.5 Å². The first kappa shape index (κ1) is 8.70. The van der Waals surface area contributed by atoms with Crippen molar-refractivity contribution in [3.8, 4) is 0 Å². The molecule has 1 aliphatic rings. The van der Waals surface area contributed by atoms with E-state index in [1.807, 2.05) is 12.4 Å². The Morgan fingerprint density at radius 1 is 1.46 bits per heavy atom. The van der Waals surface area contributed by atoms with Crippen molar-refractivity contribution in [3.05, 3.63) is 29.6 Å². The molecule has 0 spiro atoms. The number of aryl methyl sites for hydroxylation is 1. The third-order valence-electron chi connectivity index (χ3n) is 3.33. The molecule has 0 aliphatic heterocycles. The molecule has 0 radical (unpaired) electrons. The van der Waals surface area contributed by atoms with E-state index < -0.39 is 0 Å². The monoisotopic (exact) mass is 176 g/mol. The molecule has 70 valence electrons. The second-order valence-corrected chi connectivity index (χ2v) is 4.56. The van der Waals surface area contributed by atoms with Crippen molar-refractivity contribution in [2.24, 2.45) is 11.1 Å². The van der Waals surface area contributed by atoms with Crippen LogP contribution in [0.5, 0.6) is 0 Å². The summed E-state index contributed by atoms with van der Waals surface area (Å²) >= 11 is 0. The van der Waals surface area contributed by atoms with Gasteiger partial charge in [0.1, 0.15) is 0 Å². The molecule has 0 bridgehead atoms. The number of nitrogens with zero attached hydrogens (tertiary/aromatic N) is 1. The van der Waals surface area contributed by atoms with Crippen LogP contribution in [0.25, 0.3) is 0 Å². The molecule has 1 fully saturated rings. The summed E-state index contributed by atoms with van der Waals surface area (Å²) in [6, 6.07) is 2.35. The molecule has 2 heteroatoms. The Kier molecular flexibility index (Phi) is 1.70. The number of aromatic nitrogens is 1. The van der Waals surface area contributed by atoms with Gasteiger partial charge in [0.25, 0.3) is 0 Å². The van der Waals surface area contributed by atoms with E-state index in [1.54, 1.807) is 0 Å². The zero-order chi connectivity index (χ0) is 9.64. The first-order valence-corrected chi connectivity index (χ1v) is 4.71. The molecule has 1 heterocycles. The second-order valence-electron chi connectivity index (χ2n) is 4.56. The predicted molar refractivity (Wildman–Crippen MR) is 53.5 cm³/mol. The Labute approximate surface area is 79.2 Å². The van der Waals surface area contributed by atoms with Gasteiger partial charge in [-0.25, -0.2) is 0 Å². The maximum atomic E-state index is 6.02. The molecule has 2 nitrogen and oxygen atoms in total. The van der Waals surface area contributed by atoms with Crippen molar-refractivity contribution in [2.75, 3.05) is 0 Å². The molecular weight excluding hydrogens is 160 g/mol. The molecule has 2 rings (SSSR count). The van der Waals surface area contributed by atoms with Crippen LogP contribution in [0, 0.1) is 12.3 Å². The van der Waals surface area contributed by atoms with Crippen molar-refractivity contribution in [2.45, 2.75) is 32.7 Å². The van der Waals surface area contributed by atoms with Crippen LogP contribution in [0.4, 0.5) is 0 Å². The minimum absolute atomic E-state index is 0.258. The van der Waals surface area contributed by atoms with E-state index >= 15 is 0 Å². The molecule has 2 N–H and O–H groups in total. The number of pyridine rings is 1. The average Bonchev–Trinajstić information content (AvgIpc) is 2.54. The third kappa shape index (κ3) is 1.17. The SMILES string of the molecule is Cc1ccncc1[C@@H]1[C@@H](N)C1(C)C. The molecule has 2 atom stereocenters. The highest BCUT2D eigenvalue weighted by Gasteiger charge is 2.56. The fraction of sp³-hybridized carbons (Fsp3) is 0.545. The lowest BCUT2D eigenvalue weighted by atomic mass is 10.0. The molecule has 0 unspecified atom stereocenters. The predicted octanol–water partition coefficient (Wildman–Crippen LogP) is 1.84. The molecule has 1 aromatic rings. The summed E-state index contributed by atoms with van der Waals surface area (Å²) in [5.41, 5.74) is 8.90. The number of nitrogens with two attached hydrogens (primary N) is 1. The quantitative estimate of drug-likeness (QED) is 0.709. The summed E-state index contributed by atoms with van der Waals surface area (Å²) in [6.07, 6.45) is 3.79. The maximum Gasteiger partial charge on any atom is 0.0306 e. The topological polar surface area (TPSA) is 38.9 Å². The highest BCUT2D eigenvalue weighted by molar-refractivity contribution is 5.37. The van der Waals surface area contributed by atoms with Gasteiger partial charge in [-0.2, -0.15) is 0 Å². The fourth-order valence-corrected chi connectivity index (χ4v) is 2.07. The standard InChI is InChI=1S/C11H16N2/c1-7-4-5-13-6-8(7)9-10(12)11(9,2)3/h4-6,9-10H,12H2,1-3H3/t9-,10-/m1/s1. The maximum absolute atomic E-state index is 6.02. The Bertz CT molecular complexity index is 331. The van der Waals surface area contributed by atoms with E-state index in [-0.39, 0.29) is 5.41 Å². The van der Waals surface area contributed by atoms with E-state index in [0.29, 0.717) is 12.0 Å². The summed E-state index contributed by atoms with van der Waals surface area (Å²) in [5.74, 6) is 0.501. The van der Waals surface area contributed by atoms with Crippen LogP contribution in [0.1, 0.15) is 30.9 Å². The van der Waals surface area contributed by atoms with E-state index in [0.717, 1.165) is 0 Å². The smallest absolute Gasteiger partial charge is 0.0306 e. The summed E-state index contributed by atoms with van der Waals surface area (Å²) in [6.45, 7) is 6.56. The molecule has 0 aromatic carbocycles. The summed E-state index contributed by atoms with van der Waals surface area (Å²) in [7, 11) is 0. The highest BCUT2D eigenvalue weighted by Crippen LogP contribution is 2.57. The van der Waals surface area contributed by atoms with Crippen LogP contribution >= 0.6 is 0 Å². The fourth-order valence-electron chi connectivity index (χ4n) is 2.07. The molecule has 13 heavy (non-hydrogen) atoms. The second kappa shape index (κ2) is 2.55. The Morgan fingerprint density at radius 3 is 2.54 bits per heavy atom. The van der Waals surface area contributed by atoms with Gasteiger partial charge >= 0.3 is 0 Å². The molecule has 0 amide bonds. The summed E-state index contributed by atoms with van der Waals surface area (Å²) in [4.78, 5) is 4.15.